The molecule has 15 heavy (non-hydrogen) atoms. The molecule has 1 aromatic rings. The molecular formula is C11H12FNO2. The zero-order valence-electron chi connectivity index (χ0n) is 8.26. The molecule has 3 atom stereocenters. The number of hydrogen-bond acceptors (Lipinski definition) is 3. The second-order valence-corrected chi connectivity index (χ2v) is 3.70. The summed E-state index contributed by atoms with van der Waals surface area (Å²) in [5.74, 6) is -0.333. The Labute approximate surface area is 86.9 Å². The van der Waals surface area contributed by atoms with Gasteiger partial charge in [0.25, 0.3) is 0 Å². The lowest BCUT2D eigenvalue weighted by Gasteiger charge is -2.11. The van der Waals surface area contributed by atoms with Crippen LogP contribution in [0.2, 0.25) is 0 Å². The molecule has 0 fully saturated rings. The minimum atomic E-state index is -0.981. The summed E-state index contributed by atoms with van der Waals surface area (Å²) in [4.78, 5) is 4.14. The number of hydrogen-bond donors (Lipinski definition) is 2. The molecule has 3 nitrogen and oxygen atoms in total. The zero-order chi connectivity index (χ0) is 11.0. The van der Waals surface area contributed by atoms with Crippen molar-refractivity contribution in [1.82, 2.24) is 0 Å². The van der Waals surface area contributed by atoms with Gasteiger partial charge in [0.1, 0.15) is 18.0 Å². The van der Waals surface area contributed by atoms with Crippen LogP contribution in [0.15, 0.2) is 29.3 Å². The molecule has 0 saturated heterocycles. The summed E-state index contributed by atoms with van der Waals surface area (Å²) >= 11 is 0. The molecule has 1 aromatic carbocycles. The molecule has 2 rings (SSSR count). The van der Waals surface area contributed by atoms with Crippen LogP contribution in [0.4, 0.5) is 4.39 Å². The zero-order valence-corrected chi connectivity index (χ0v) is 8.26. The van der Waals surface area contributed by atoms with Crippen molar-refractivity contribution in [1.29, 1.82) is 0 Å². The van der Waals surface area contributed by atoms with Gasteiger partial charge < -0.3 is 10.2 Å². The molecule has 2 N–H and O–H groups in total. The van der Waals surface area contributed by atoms with Crippen molar-refractivity contribution in [3.05, 3.63) is 35.6 Å². The Morgan fingerprint density at radius 3 is 2.27 bits per heavy atom. The van der Waals surface area contributed by atoms with E-state index in [1.165, 1.54) is 12.1 Å². The van der Waals surface area contributed by atoms with Crippen LogP contribution in [0.1, 0.15) is 12.5 Å². The predicted molar refractivity (Wildman–Crippen MR) is 54.4 cm³/mol. The fourth-order valence-corrected chi connectivity index (χ4v) is 1.66. The first-order valence-corrected chi connectivity index (χ1v) is 4.79. The van der Waals surface area contributed by atoms with Gasteiger partial charge >= 0.3 is 0 Å². The van der Waals surface area contributed by atoms with E-state index in [0.717, 1.165) is 0 Å². The number of benzene rings is 1. The van der Waals surface area contributed by atoms with Gasteiger partial charge in [-0.25, -0.2) is 4.39 Å². The molecule has 0 saturated carbocycles. The van der Waals surface area contributed by atoms with Gasteiger partial charge in [0.05, 0.1) is 11.8 Å². The number of nitrogens with zero attached hydrogens (tertiary/aromatic N) is 1. The van der Waals surface area contributed by atoms with Gasteiger partial charge in [0, 0.05) is 0 Å². The highest BCUT2D eigenvalue weighted by Crippen LogP contribution is 2.19. The molecule has 0 unspecified atom stereocenters. The maximum absolute atomic E-state index is 12.7. The number of aliphatic imine (C=N–C) groups is 1. The minimum absolute atomic E-state index is 0.319. The van der Waals surface area contributed by atoms with Crippen LogP contribution < -0.4 is 0 Å². The molecule has 0 aromatic heterocycles. The first kappa shape index (κ1) is 10.3. The summed E-state index contributed by atoms with van der Waals surface area (Å²) in [6.07, 6.45) is -1.85. The number of halogens is 1. The molecular weight excluding hydrogens is 197 g/mol. The molecule has 1 heterocycles. The van der Waals surface area contributed by atoms with Crippen LogP contribution in [0.3, 0.4) is 0 Å². The van der Waals surface area contributed by atoms with E-state index in [4.69, 9.17) is 0 Å². The van der Waals surface area contributed by atoms with Crippen molar-refractivity contribution < 1.29 is 14.6 Å². The topological polar surface area (TPSA) is 52.8 Å². The van der Waals surface area contributed by atoms with Gasteiger partial charge in [-0.3, -0.25) is 4.99 Å². The van der Waals surface area contributed by atoms with E-state index in [9.17, 15) is 14.6 Å². The molecule has 1 aliphatic rings. The van der Waals surface area contributed by atoms with Crippen molar-refractivity contribution in [3.63, 3.8) is 0 Å². The smallest absolute Gasteiger partial charge is 0.124 e. The van der Waals surface area contributed by atoms with E-state index in [-0.39, 0.29) is 11.9 Å². The van der Waals surface area contributed by atoms with Gasteiger partial charge in [-0.2, -0.15) is 0 Å². The van der Waals surface area contributed by atoms with E-state index in [2.05, 4.69) is 4.99 Å². The number of aliphatic hydroxyl groups is 2. The molecule has 4 heteroatoms. The Morgan fingerprint density at radius 2 is 1.80 bits per heavy atom. The van der Waals surface area contributed by atoms with Gasteiger partial charge in [-0.05, 0) is 24.6 Å². The average Bonchev–Trinajstić information content (AvgIpc) is 2.47. The quantitative estimate of drug-likeness (QED) is 0.716. The largest absolute Gasteiger partial charge is 0.388 e. The van der Waals surface area contributed by atoms with E-state index in [0.29, 0.717) is 11.3 Å². The van der Waals surface area contributed by atoms with Gasteiger partial charge in [-0.1, -0.05) is 12.1 Å². The van der Waals surface area contributed by atoms with E-state index < -0.39 is 12.2 Å². The van der Waals surface area contributed by atoms with Crippen molar-refractivity contribution in [2.24, 2.45) is 4.99 Å². The van der Waals surface area contributed by atoms with Crippen molar-refractivity contribution >= 4 is 5.71 Å². The second-order valence-electron chi connectivity index (χ2n) is 3.70. The van der Waals surface area contributed by atoms with Crippen molar-refractivity contribution in [2.75, 3.05) is 0 Å². The third-order valence-corrected chi connectivity index (χ3v) is 2.58. The highest BCUT2D eigenvalue weighted by molar-refractivity contribution is 6.05. The summed E-state index contributed by atoms with van der Waals surface area (Å²) in [6.45, 7) is 1.73. The Balaban J connectivity index is 2.32. The summed E-state index contributed by atoms with van der Waals surface area (Å²) in [5, 5.41) is 19.2. The monoisotopic (exact) mass is 209 g/mol. The van der Waals surface area contributed by atoms with Gasteiger partial charge in [-0.15, -0.1) is 0 Å². The third-order valence-electron chi connectivity index (χ3n) is 2.58. The molecule has 80 valence electrons. The van der Waals surface area contributed by atoms with Gasteiger partial charge in [0.2, 0.25) is 0 Å². The van der Waals surface area contributed by atoms with Crippen LogP contribution in [0.5, 0.6) is 0 Å². The van der Waals surface area contributed by atoms with Crippen molar-refractivity contribution in [3.8, 4) is 0 Å². The van der Waals surface area contributed by atoms with Crippen LogP contribution in [-0.2, 0) is 0 Å². The normalized spacial score (nSPS) is 30.4. The van der Waals surface area contributed by atoms with Crippen LogP contribution >= 0.6 is 0 Å². The van der Waals surface area contributed by atoms with Crippen LogP contribution in [0, 0.1) is 5.82 Å². The predicted octanol–water partition coefficient (Wildman–Crippen LogP) is 0.739. The Kier molecular flexibility index (Phi) is 2.54. The standard InChI is InChI=1S/C11H12FNO2/c1-6-10(14)11(15)9(13-6)7-2-4-8(12)5-3-7/h2-6,10-11,14-15H,1H3/t6-,10+,11-/m0/s1. The molecule has 0 radical (unpaired) electrons. The Morgan fingerprint density at radius 1 is 1.20 bits per heavy atom. The SMILES string of the molecule is C[C@@H]1N=C(c2ccc(F)cc2)[C@H](O)[C@@H]1O. The highest BCUT2D eigenvalue weighted by atomic mass is 19.1. The van der Waals surface area contributed by atoms with E-state index in [1.54, 1.807) is 19.1 Å². The lowest BCUT2D eigenvalue weighted by molar-refractivity contribution is 0.0592. The second kappa shape index (κ2) is 3.72. The molecule has 0 aliphatic carbocycles. The third kappa shape index (κ3) is 1.78. The first-order chi connectivity index (χ1) is 7.09. The average molecular weight is 209 g/mol. The van der Waals surface area contributed by atoms with Crippen LogP contribution in [-0.4, -0.2) is 34.2 Å². The maximum atomic E-state index is 12.7. The lowest BCUT2D eigenvalue weighted by Crippen LogP contribution is -2.32. The lowest BCUT2D eigenvalue weighted by atomic mass is 10.0. The minimum Gasteiger partial charge on any atom is -0.388 e. The molecule has 0 amide bonds. The molecule has 0 bridgehead atoms. The Hall–Kier alpha value is -1.26. The molecule has 0 spiro atoms. The molecule has 1 aliphatic heterocycles. The first-order valence-electron chi connectivity index (χ1n) is 4.79. The van der Waals surface area contributed by atoms with E-state index >= 15 is 0 Å². The van der Waals surface area contributed by atoms with E-state index in [1.807, 2.05) is 0 Å². The summed E-state index contributed by atoms with van der Waals surface area (Å²) in [5.41, 5.74) is 1.07. The van der Waals surface area contributed by atoms with Crippen molar-refractivity contribution in [2.45, 2.75) is 25.2 Å². The fraction of sp³-hybridized carbons (Fsp3) is 0.364. The summed E-state index contributed by atoms with van der Waals surface area (Å²) < 4.78 is 12.7. The Bertz CT molecular complexity index is 388. The van der Waals surface area contributed by atoms with Gasteiger partial charge in [0.15, 0.2) is 0 Å². The number of rotatable bonds is 1. The number of aliphatic hydroxyl groups excluding tert-OH is 2. The highest BCUT2D eigenvalue weighted by Gasteiger charge is 2.34. The summed E-state index contributed by atoms with van der Waals surface area (Å²) in [6, 6.07) is 5.38. The summed E-state index contributed by atoms with van der Waals surface area (Å²) in [7, 11) is 0. The van der Waals surface area contributed by atoms with Crippen LogP contribution in [0.25, 0.3) is 0 Å². The fourth-order valence-electron chi connectivity index (χ4n) is 1.66. The maximum Gasteiger partial charge on any atom is 0.124 e.